The van der Waals surface area contributed by atoms with Crippen LogP contribution in [0, 0.1) is 12.7 Å². The van der Waals surface area contributed by atoms with Crippen LogP contribution >= 0.6 is 11.8 Å². The molecule has 4 rings (SSSR count). The molecule has 0 aliphatic heterocycles. The number of nitrogens with zero attached hydrogens (tertiary/aromatic N) is 4. The van der Waals surface area contributed by atoms with Crippen molar-refractivity contribution in [3.05, 3.63) is 88.2 Å². The van der Waals surface area contributed by atoms with E-state index in [4.69, 9.17) is 0 Å². The van der Waals surface area contributed by atoms with Crippen LogP contribution < -0.4 is 5.56 Å². The molecular formula is C19H15FN4OS. The standard InChI is InChI=1S/C19H15FN4OS/c1-13-2-4-14(5-3-13)12-26-19-22-21-17-18(25)23(10-11-24(17)19)16-8-6-15(20)7-9-16/h2-11H,12H2,1H3. The molecule has 4 aromatic rings. The fraction of sp³-hybridized carbons (Fsp3) is 0.105. The highest BCUT2D eigenvalue weighted by Gasteiger charge is 2.12. The minimum absolute atomic E-state index is 0.239. The summed E-state index contributed by atoms with van der Waals surface area (Å²) in [6, 6.07) is 14.0. The van der Waals surface area contributed by atoms with E-state index in [2.05, 4.69) is 41.4 Å². The lowest BCUT2D eigenvalue weighted by Gasteiger charge is -2.06. The van der Waals surface area contributed by atoms with Gasteiger partial charge in [-0.1, -0.05) is 41.6 Å². The maximum atomic E-state index is 13.1. The number of aromatic nitrogens is 4. The first-order valence-electron chi connectivity index (χ1n) is 8.02. The number of aryl methyl sites for hydroxylation is 1. The molecule has 0 fully saturated rings. The van der Waals surface area contributed by atoms with Crippen LogP contribution in [0.4, 0.5) is 4.39 Å². The summed E-state index contributed by atoms with van der Waals surface area (Å²) >= 11 is 1.52. The van der Waals surface area contributed by atoms with Gasteiger partial charge in [-0.3, -0.25) is 13.8 Å². The molecule has 26 heavy (non-hydrogen) atoms. The van der Waals surface area contributed by atoms with Crippen LogP contribution in [0.15, 0.2) is 70.9 Å². The van der Waals surface area contributed by atoms with Crippen LogP contribution in [0.25, 0.3) is 11.3 Å². The molecule has 2 aromatic carbocycles. The van der Waals surface area contributed by atoms with Gasteiger partial charge in [-0.15, -0.1) is 10.2 Å². The van der Waals surface area contributed by atoms with Gasteiger partial charge in [-0.2, -0.15) is 0 Å². The number of fused-ring (bicyclic) bond motifs is 1. The van der Waals surface area contributed by atoms with Gasteiger partial charge in [0, 0.05) is 23.8 Å². The van der Waals surface area contributed by atoms with Gasteiger partial charge < -0.3 is 0 Å². The van der Waals surface area contributed by atoms with Crippen molar-refractivity contribution in [2.45, 2.75) is 17.8 Å². The topological polar surface area (TPSA) is 52.2 Å². The predicted molar refractivity (Wildman–Crippen MR) is 99.3 cm³/mol. The molecule has 0 saturated carbocycles. The molecular weight excluding hydrogens is 351 g/mol. The zero-order chi connectivity index (χ0) is 18.1. The lowest BCUT2D eigenvalue weighted by molar-refractivity contribution is 0.627. The molecule has 0 atom stereocenters. The second kappa shape index (κ2) is 6.76. The van der Waals surface area contributed by atoms with Crippen LogP contribution in [-0.4, -0.2) is 19.2 Å². The highest BCUT2D eigenvalue weighted by molar-refractivity contribution is 7.98. The Morgan fingerprint density at radius 3 is 2.46 bits per heavy atom. The summed E-state index contributed by atoms with van der Waals surface area (Å²) in [4.78, 5) is 12.7. The lowest BCUT2D eigenvalue weighted by Crippen LogP contribution is -2.20. The minimum atomic E-state index is -0.347. The summed E-state index contributed by atoms with van der Waals surface area (Å²) in [5.74, 6) is 0.391. The largest absolute Gasteiger partial charge is 0.300 e. The van der Waals surface area contributed by atoms with Gasteiger partial charge in [-0.05, 0) is 36.8 Å². The van der Waals surface area contributed by atoms with Crippen LogP contribution in [0.2, 0.25) is 0 Å². The molecule has 2 aromatic heterocycles. The Morgan fingerprint density at radius 1 is 1.00 bits per heavy atom. The highest BCUT2D eigenvalue weighted by atomic mass is 32.2. The van der Waals surface area contributed by atoms with Crippen LogP contribution in [0.3, 0.4) is 0 Å². The second-order valence-electron chi connectivity index (χ2n) is 5.90. The van der Waals surface area contributed by atoms with Gasteiger partial charge in [-0.25, -0.2) is 4.39 Å². The number of thioether (sulfide) groups is 1. The van der Waals surface area contributed by atoms with Crippen molar-refractivity contribution in [2.75, 3.05) is 0 Å². The van der Waals surface area contributed by atoms with E-state index in [1.165, 1.54) is 39.6 Å². The van der Waals surface area contributed by atoms with Crippen molar-refractivity contribution in [3.8, 4) is 5.69 Å². The van der Waals surface area contributed by atoms with E-state index in [9.17, 15) is 9.18 Å². The summed E-state index contributed by atoms with van der Waals surface area (Å²) in [7, 11) is 0. The van der Waals surface area contributed by atoms with Crippen molar-refractivity contribution in [3.63, 3.8) is 0 Å². The van der Waals surface area contributed by atoms with E-state index in [-0.39, 0.29) is 17.0 Å². The SMILES string of the molecule is Cc1ccc(CSc2nnc3c(=O)n(-c4ccc(F)cc4)ccn23)cc1. The molecule has 0 spiro atoms. The predicted octanol–water partition coefficient (Wildman–Crippen LogP) is 3.62. The smallest absolute Gasteiger partial charge is 0.280 e. The van der Waals surface area contributed by atoms with Gasteiger partial charge in [0.15, 0.2) is 5.16 Å². The van der Waals surface area contributed by atoms with Gasteiger partial charge in [0.05, 0.1) is 0 Å². The molecule has 0 aliphatic carbocycles. The Hall–Kier alpha value is -2.93. The lowest BCUT2D eigenvalue weighted by atomic mass is 10.2. The monoisotopic (exact) mass is 366 g/mol. The van der Waals surface area contributed by atoms with E-state index < -0.39 is 0 Å². The third-order valence-corrected chi connectivity index (χ3v) is 5.05. The Morgan fingerprint density at radius 2 is 1.73 bits per heavy atom. The molecule has 7 heteroatoms. The molecule has 5 nitrogen and oxygen atoms in total. The van der Waals surface area contributed by atoms with Crippen molar-refractivity contribution >= 4 is 17.4 Å². The number of benzene rings is 2. The number of hydrogen-bond acceptors (Lipinski definition) is 4. The molecule has 2 heterocycles. The van der Waals surface area contributed by atoms with Crippen molar-refractivity contribution in [2.24, 2.45) is 0 Å². The fourth-order valence-corrected chi connectivity index (χ4v) is 3.47. The Kier molecular flexibility index (Phi) is 4.30. The van der Waals surface area contributed by atoms with Crippen molar-refractivity contribution in [1.29, 1.82) is 0 Å². The summed E-state index contributed by atoms with van der Waals surface area (Å²) in [5.41, 5.74) is 2.91. The summed E-state index contributed by atoms with van der Waals surface area (Å²) in [6.07, 6.45) is 3.39. The quantitative estimate of drug-likeness (QED) is 0.518. The average Bonchev–Trinajstić information content (AvgIpc) is 3.07. The third kappa shape index (κ3) is 3.13. The van der Waals surface area contributed by atoms with Crippen molar-refractivity contribution in [1.82, 2.24) is 19.2 Å². The summed E-state index contributed by atoms with van der Waals surface area (Å²) in [5, 5.41) is 8.83. The summed E-state index contributed by atoms with van der Waals surface area (Å²) in [6.45, 7) is 2.05. The minimum Gasteiger partial charge on any atom is -0.280 e. The number of halogens is 1. The van der Waals surface area contributed by atoms with E-state index in [0.29, 0.717) is 10.8 Å². The molecule has 0 amide bonds. The molecule has 0 unspecified atom stereocenters. The van der Waals surface area contributed by atoms with Crippen LogP contribution in [0.5, 0.6) is 0 Å². The Labute approximate surface area is 153 Å². The van der Waals surface area contributed by atoms with Gasteiger partial charge >= 0.3 is 5.56 Å². The van der Waals surface area contributed by atoms with Crippen LogP contribution in [0.1, 0.15) is 11.1 Å². The zero-order valence-electron chi connectivity index (χ0n) is 14.0. The highest BCUT2D eigenvalue weighted by Crippen LogP contribution is 2.21. The molecule has 0 N–H and O–H groups in total. The normalized spacial score (nSPS) is 11.2. The maximum absolute atomic E-state index is 13.1. The van der Waals surface area contributed by atoms with E-state index in [1.807, 2.05) is 0 Å². The van der Waals surface area contributed by atoms with Gasteiger partial charge in [0.1, 0.15) is 5.82 Å². The molecule has 0 saturated heterocycles. The Balaban J connectivity index is 1.64. The molecule has 0 aliphatic rings. The first-order valence-corrected chi connectivity index (χ1v) is 9.01. The molecule has 0 radical (unpaired) electrons. The molecule has 130 valence electrons. The van der Waals surface area contributed by atoms with Crippen LogP contribution in [-0.2, 0) is 5.75 Å². The number of rotatable bonds is 4. The van der Waals surface area contributed by atoms with Gasteiger partial charge in [0.25, 0.3) is 0 Å². The average molecular weight is 366 g/mol. The van der Waals surface area contributed by atoms with E-state index in [1.54, 1.807) is 28.9 Å². The second-order valence-corrected chi connectivity index (χ2v) is 6.84. The Bertz CT molecular complexity index is 1120. The van der Waals surface area contributed by atoms with Crippen molar-refractivity contribution < 1.29 is 4.39 Å². The first-order chi connectivity index (χ1) is 12.6. The third-order valence-electron chi connectivity index (χ3n) is 4.03. The summed E-state index contributed by atoms with van der Waals surface area (Å²) < 4.78 is 16.2. The fourth-order valence-electron chi connectivity index (χ4n) is 2.60. The van der Waals surface area contributed by atoms with E-state index >= 15 is 0 Å². The van der Waals surface area contributed by atoms with E-state index in [0.717, 1.165) is 5.75 Å². The molecule has 0 bridgehead atoms. The number of hydrogen-bond donors (Lipinski definition) is 0. The maximum Gasteiger partial charge on any atom is 0.300 e. The zero-order valence-corrected chi connectivity index (χ0v) is 14.8. The van der Waals surface area contributed by atoms with Gasteiger partial charge in [0.2, 0.25) is 5.65 Å². The first kappa shape index (κ1) is 16.5.